The molecule has 0 aliphatic carbocycles. The number of carbonyl (C=O) groups excluding carboxylic acids is 2. The predicted molar refractivity (Wildman–Crippen MR) is 98.9 cm³/mol. The molecule has 1 aromatic heterocycles. The van der Waals surface area contributed by atoms with Crippen molar-refractivity contribution in [1.29, 1.82) is 0 Å². The Morgan fingerprint density at radius 1 is 1.23 bits per heavy atom. The van der Waals surface area contributed by atoms with Crippen LogP contribution in [0, 0.1) is 5.82 Å². The van der Waals surface area contributed by atoms with E-state index < -0.39 is 30.1 Å². The van der Waals surface area contributed by atoms with Gasteiger partial charge >= 0.3 is 12.5 Å². The number of fused-ring (bicyclic) bond motifs is 1. The van der Waals surface area contributed by atoms with Gasteiger partial charge in [-0.1, -0.05) is 18.2 Å². The zero-order chi connectivity index (χ0) is 22.1. The third-order valence-corrected chi connectivity index (χ3v) is 4.69. The van der Waals surface area contributed by atoms with E-state index in [1.165, 1.54) is 42.5 Å². The molecule has 11 heteroatoms. The molecule has 1 aliphatic heterocycles. The topological polar surface area (TPSA) is 88.8 Å². The molecular formula is C20H15F3N4O4. The molecule has 0 saturated heterocycles. The lowest BCUT2D eigenvalue weighted by Gasteiger charge is -2.30. The van der Waals surface area contributed by atoms with Crippen molar-refractivity contribution in [3.05, 3.63) is 70.9 Å². The first-order valence-corrected chi connectivity index (χ1v) is 9.04. The summed E-state index contributed by atoms with van der Waals surface area (Å²) < 4.78 is 48.3. The SMILES string of the molecule is COC(=O)N(Cc1ccc(F)cc1)N1Cc2ccc(-c3nnc(C(F)F)o3)cc2C1=O. The van der Waals surface area contributed by atoms with E-state index in [-0.39, 0.29) is 30.1 Å². The van der Waals surface area contributed by atoms with E-state index in [0.717, 1.165) is 5.01 Å². The maximum Gasteiger partial charge on any atom is 0.428 e. The van der Waals surface area contributed by atoms with Crippen molar-refractivity contribution in [3.8, 4) is 11.5 Å². The maximum atomic E-state index is 13.2. The van der Waals surface area contributed by atoms with Gasteiger partial charge in [0.15, 0.2) is 0 Å². The van der Waals surface area contributed by atoms with Crippen LogP contribution in [0.3, 0.4) is 0 Å². The number of methoxy groups -OCH3 is 1. The van der Waals surface area contributed by atoms with Crippen LogP contribution in [0.5, 0.6) is 0 Å². The van der Waals surface area contributed by atoms with Crippen molar-refractivity contribution in [1.82, 2.24) is 20.2 Å². The molecule has 0 unspecified atom stereocenters. The van der Waals surface area contributed by atoms with E-state index in [4.69, 9.17) is 9.15 Å². The number of ether oxygens (including phenoxy) is 1. The first kappa shape index (κ1) is 20.4. The largest absolute Gasteiger partial charge is 0.452 e. The van der Waals surface area contributed by atoms with Gasteiger partial charge in [0, 0.05) is 11.1 Å². The van der Waals surface area contributed by atoms with Gasteiger partial charge in [-0.25, -0.2) is 19.2 Å². The lowest BCUT2D eigenvalue weighted by atomic mass is 10.1. The number of alkyl halides is 2. The molecule has 2 heterocycles. The van der Waals surface area contributed by atoms with Crippen LogP contribution in [-0.4, -0.2) is 39.3 Å². The summed E-state index contributed by atoms with van der Waals surface area (Å²) >= 11 is 0. The van der Waals surface area contributed by atoms with Crippen LogP contribution in [0.4, 0.5) is 18.0 Å². The number of benzene rings is 2. The Hall–Kier alpha value is -3.89. The van der Waals surface area contributed by atoms with Crippen molar-refractivity contribution >= 4 is 12.0 Å². The number of hydrogen-bond acceptors (Lipinski definition) is 6. The van der Waals surface area contributed by atoms with Crippen LogP contribution in [0.1, 0.15) is 33.8 Å². The molecule has 0 fully saturated rings. The molecular weight excluding hydrogens is 417 g/mol. The standard InChI is InChI=1S/C20H15F3N4O4/c1-30-20(29)27(9-11-2-6-14(21)7-3-11)26-10-13-5-4-12(8-15(13)19(26)28)17-24-25-18(31-17)16(22)23/h2-8,16H,9-10H2,1H3. The monoisotopic (exact) mass is 432 g/mol. The fourth-order valence-electron chi connectivity index (χ4n) is 3.17. The molecule has 31 heavy (non-hydrogen) atoms. The average molecular weight is 432 g/mol. The highest BCUT2D eigenvalue weighted by atomic mass is 19.3. The lowest BCUT2D eigenvalue weighted by Crippen LogP contribution is -2.46. The fraction of sp³-hybridized carbons (Fsp3) is 0.200. The molecule has 0 bridgehead atoms. The number of halogens is 3. The zero-order valence-corrected chi connectivity index (χ0v) is 16.1. The van der Waals surface area contributed by atoms with Crippen LogP contribution in [-0.2, 0) is 17.8 Å². The Kier molecular flexibility index (Phi) is 5.32. The quantitative estimate of drug-likeness (QED) is 0.607. The van der Waals surface area contributed by atoms with Crippen molar-refractivity contribution in [2.75, 3.05) is 7.11 Å². The normalized spacial score (nSPS) is 12.9. The Bertz CT molecular complexity index is 1130. The molecule has 0 atom stereocenters. The Morgan fingerprint density at radius 2 is 1.97 bits per heavy atom. The van der Waals surface area contributed by atoms with Crippen LogP contribution >= 0.6 is 0 Å². The second-order valence-corrected chi connectivity index (χ2v) is 6.64. The van der Waals surface area contributed by atoms with E-state index in [9.17, 15) is 22.8 Å². The third kappa shape index (κ3) is 3.93. The van der Waals surface area contributed by atoms with E-state index in [1.807, 2.05) is 0 Å². The van der Waals surface area contributed by atoms with Gasteiger partial charge in [0.25, 0.3) is 11.8 Å². The second kappa shape index (κ2) is 8.09. The van der Waals surface area contributed by atoms with Crippen molar-refractivity contribution < 1.29 is 31.9 Å². The van der Waals surface area contributed by atoms with Crippen molar-refractivity contribution in [3.63, 3.8) is 0 Å². The predicted octanol–water partition coefficient (Wildman–Crippen LogP) is 3.95. The smallest absolute Gasteiger partial charge is 0.428 e. The van der Waals surface area contributed by atoms with Crippen LogP contribution in [0.15, 0.2) is 46.9 Å². The third-order valence-electron chi connectivity index (χ3n) is 4.69. The first-order chi connectivity index (χ1) is 14.9. The summed E-state index contributed by atoms with van der Waals surface area (Å²) in [6, 6.07) is 10.1. The summed E-state index contributed by atoms with van der Waals surface area (Å²) in [5, 5.41) is 9.16. The van der Waals surface area contributed by atoms with Crippen molar-refractivity contribution in [2.45, 2.75) is 19.5 Å². The molecule has 0 spiro atoms. The summed E-state index contributed by atoms with van der Waals surface area (Å²) in [5.74, 6) is -1.90. The highest BCUT2D eigenvalue weighted by Gasteiger charge is 2.35. The minimum atomic E-state index is -2.91. The van der Waals surface area contributed by atoms with Gasteiger partial charge in [-0.15, -0.1) is 10.2 Å². The van der Waals surface area contributed by atoms with Crippen LogP contribution < -0.4 is 0 Å². The minimum Gasteiger partial charge on any atom is -0.452 e. The highest BCUT2D eigenvalue weighted by Crippen LogP contribution is 2.31. The van der Waals surface area contributed by atoms with Gasteiger partial charge in [-0.3, -0.25) is 4.79 Å². The molecule has 2 aromatic carbocycles. The molecule has 2 amide bonds. The van der Waals surface area contributed by atoms with Gasteiger partial charge in [-0.2, -0.15) is 8.78 Å². The van der Waals surface area contributed by atoms with E-state index in [2.05, 4.69) is 10.2 Å². The molecule has 0 N–H and O–H groups in total. The number of carbonyl (C=O) groups is 2. The first-order valence-electron chi connectivity index (χ1n) is 9.04. The summed E-state index contributed by atoms with van der Waals surface area (Å²) in [4.78, 5) is 25.4. The number of amides is 2. The second-order valence-electron chi connectivity index (χ2n) is 6.64. The molecule has 0 saturated carbocycles. The maximum absolute atomic E-state index is 13.2. The number of hydrazine groups is 1. The van der Waals surface area contributed by atoms with Gasteiger partial charge in [0.05, 0.1) is 20.2 Å². The van der Waals surface area contributed by atoms with Crippen LogP contribution in [0.2, 0.25) is 0 Å². The highest BCUT2D eigenvalue weighted by molar-refractivity contribution is 5.99. The Labute approximate surface area is 173 Å². The molecule has 8 nitrogen and oxygen atoms in total. The number of rotatable bonds is 5. The van der Waals surface area contributed by atoms with Gasteiger partial charge in [0.1, 0.15) is 5.82 Å². The van der Waals surface area contributed by atoms with Crippen molar-refractivity contribution in [2.24, 2.45) is 0 Å². The zero-order valence-electron chi connectivity index (χ0n) is 16.1. The summed E-state index contributed by atoms with van der Waals surface area (Å²) in [6.07, 6.45) is -3.68. The van der Waals surface area contributed by atoms with E-state index >= 15 is 0 Å². The van der Waals surface area contributed by atoms with Gasteiger partial charge in [0.2, 0.25) is 5.89 Å². The summed E-state index contributed by atoms with van der Waals surface area (Å²) in [7, 11) is 1.18. The fourth-order valence-corrected chi connectivity index (χ4v) is 3.17. The number of aromatic nitrogens is 2. The Morgan fingerprint density at radius 3 is 2.61 bits per heavy atom. The minimum absolute atomic E-state index is 0.0268. The number of hydrogen-bond donors (Lipinski definition) is 0. The average Bonchev–Trinajstić information content (AvgIpc) is 3.38. The van der Waals surface area contributed by atoms with Gasteiger partial charge < -0.3 is 9.15 Å². The molecule has 3 aromatic rings. The Balaban J connectivity index is 1.61. The molecule has 160 valence electrons. The lowest BCUT2D eigenvalue weighted by molar-refractivity contribution is -0.0105. The van der Waals surface area contributed by atoms with Crippen LogP contribution in [0.25, 0.3) is 11.5 Å². The summed E-state index contributed by atoms with van der Waals surface area (Å²) in [6.45, 7) is 0.0534. The molecule has 1 aliphatic rings. The molecule has 4 rings (SSSR count). The summed E-state index contributed by atoms with van der Waals surface area (Å²) in [5.41, 5.74) is 1.73. The van der Waals surface area contributed by atoms with E-state index in [0.29, 0.717) is 11.1 Å². The molecule has 0 radical (unpaired) electrons. The van der Waals surface area contributed by atoms with E-state index in [1.54, 1.807) is 12.1 Å². The van der Waals surface area contributed by atoms with Gasteiger partial charge in [-0.05, 0) is 35.4 Å². The number of nitrogens with zero attached hydrogens (tertiary/aromatic N) is 4.